The molecule has 5 nitrogen and oxygen atoms in total. The van der Waals surface area contributed by atoms with E-state index in [0.29, 0.717) is 43.9 Å². The van der Waals surface area contributed by atoms with Crippen LogP contribution in [0.25, 0.3) is 0 Å². The molecule has 1 atom stereocenters. The number of hydrogen-bond donors (Lipinski definition) is 0. The number of aromatic nitrogens is 2. The molecular weight excluding hydrogens is 321 g/mol. The number of rotatable bonds is 3. The van der Waals surface area contributed by atoms with Crippen molar-refractivity contribution in [3.05, 3.63) is 59.4 Å². The molecule has 6 heteroatoms. The van der Waals surface area contributed by atoms with Crippen molar-refractivity contribution in [2.24, 2.45) is 0 Å². The summed E-state index contributed by atoms with van der Waals surface area (Å²) in [6.45, 7) is 3.24. The fourth-order valence-corrected chi connectivity index (χ4v) is 3.49. The minimum Gasteiger partial charge on any atom is -0.367 e. The van der Waals surface area contributed by atoms with Crippen molar-refractivity contribution in [1.29, 1.82) is 0 Å². The van der Waals surface area contributed by atoms with Gasteiger partial charge in [-0.3, -0.25) is 4.79 Å². The number of aryl methyl sites for hydroxylation is 1. The average molecular weight is 341 g/mol. The van der Waals surface area contributed by atoms with E-state index in [9.17, 15) is 9.18 Å². The van der Waals surface area contributed by atoms with Gasteiger partial charge in [-0.25, -0.2) is 14.4 Å². The highest BCUT2D eigenvalue weighted by atomic mass is 19.1. The van der Waals surface area contributed by atoms with Crippen LogP contribution in [0.15, 0.2) is 36.5 Å². The Morgan fingerprint density at radius 2 is 2.12 bits per heavy atom. The molecule has 1 aromatic heterocycles. The number of morpholine rings is 1. The standard InChI is InChI=1S/C19H20FN3O2/c1-13-6-9-21-17(22-13)16-12-23(10-11-25-16)18(24)19(7-8-19)14-4-2-3-5-15(14)20/h2-6,9,16H,7-8,10-12H2,1H3/t16-/m1/s1. The Balaban J connectivity index is 1.56. The molecule has 130 valence electrons. The second-order valence-corrected chi connectivity index (χ2v) is 6.73. The molecule has 2 fully saturated rings. The molecule has 1 aromatic carbocycles. The summed E-state index contributed by atoms with van der Waals surface area (Å²) < 4.78 is 20.0. The first-order valence-electron chi connectivity index (χ1n) is 8.56. The van der Waals surface area contributed by atoms with Crippen LogP contribution >= 0.6 is 0 Å². The van der Waals surface area contributed by atoms with Crippen molar-refractivity contribution >= 4 is 5.91 Å². The molecule has 4 rings (SSSR count). The van der Waals surface area contributed by atoms with E-state index in [4.69, 9.17) is 4.74 Å². The van der Waals surface area contributed by atoms with Gasteiger partial charge in [0.2, 0.25) is 5.91 Å². The number of carbonyl (C=O) groups excluding carboxylic acids is 1. The summed E-state index contributed by atoms with van der Waals surface area (Å²) in [4.78, 5) is 23.6. The lowest BCUT2D eigenvalue weighted by Gasteiger charge is -2.34. The fraction of sp³-hybridized carbons (Fsp3) is 0.421. The Bertz CT molecular complexity index is 807. The number of ether oxygens (including phenoxy) is 1. The van der Waals surface area contributed by atoms with Crippen LogP contribution in [0.2, 0.25) is 0 Å². The van der Waals surface area contributed by atoms with E-state index in [2.05, 4.69) is 9.97 Å². The van der Waals surface area contributed by atoms with Crippen LogP contribution in [0.4, 0.5) is 4.39 Å². The predicted octanol–water partition coefficient (Wildman–Crippen LogP) is 2.56. The molecular formula is C19H20FN3O2. The molecule has 0 spiro atoms. The summed E-state index contributed by atoms with van der Waals surface area (Å²) in [5.41, 5.74) is 0.665. The van der Waals surface area contributed by atoms with Gasteiger partial charge in [-0.1, -0.05) is 18.2 Å². The van der Waals surface area contributed by atoms with Crippen LogP contribution in [0.1, 0.15) is 36.0 Å². The van der Waals surface area contributed by atoms with E-state index in [-0.39, 0.29) is 17.8 Å². The smallest absolute Gasteiger partial charge is 0.233 e. The average Bonchev–Trinajstić information content (AvgIpc) is 3.43. The molecule has 1 amide bonds. The molecule has 1 aliphatic heterocycles. The highest BCUT2D eigenvalue weighted by molar-refractivity contribution is 5.91. The highest BCUT2D eigenvalue weighted by Gasteiger charge is 2.54. The van der Waals surface area contributed by atoms with Gasteiger partial charge in [0.1, 0.15) is 11.9 Å². The summed E-state index contributed by atoms with van der Waals surface area (Å²) in [7, 11) is 0. The highest BCUT2D eigenvalue weighted by Crippen LogP contribution is 2.50. The molecule has 0 radical (unpaired) electrons. The molecule has 1 aliphatic carbocycles. The van der Waals surface area contributed by atoms with Crippen molar-refractivity contribution in [3.63, 3.8) is 0 Å². The Kier molecular flexibility index (Phi) is 4.00. The van der Waals surface area contributed by atoms with Crippen LogP contribution in [0.3, 0.4) is 0 Å². The molecule has 2 aromatic rings. The van der Waals surface area contributed by atoms with Crippen LogP contribution in [-0.4, -0.2) is 40.5 Å². The Morgan fingerprint density at radius 3 is 2.84 bits per heavy atom. The number of carbonyl (C=O) groups is 1. The maximum atomic E-state index is 14.2. The quantitative estimate of drug-likeness (QED) is 0.861. The number of halogens is 1. The molecule has 0 N–H and O–H groups in total. The zero-order chi connectivity index (χ0) is 17.4. The van der Waals surface area contributed by atoms with Gasteiger partial charge >= 0.3 is 0 Å². The van der Waals surface area contributed by atoms with Crippen LogP contribution in [-0.2, 0) is 14.9 Å². The zero-order valence-electron chi connectivity index (χ0n) is 14.1. The van der Waals surface area contributed by atoms with Gasteiger partial charge in [0, 0.05) is 24.0 Å². The SMILES string of the molecule is Cc1ccnc([C@H]2CN(C(=O)C3(c4ccccc4F)CC3)CCO2)n1. The van der Waals surface area contributed by atoms with E-state index in [1.807, 2.05) is 13.0 Å². The van der Waals surface area contributed by atoms with E-state index < -0.39 is 5.41 Å². The van der Waals surface area contributed by atoms with Crippen LogP contribution in [0, 0.1) is 12.7 Å². The van der Waals surface area contributed by atoms with Gasteiger partial charge in [-0.15, -0.1) is 0 Å². The molecule has 0 bridgehead atoms. The minimum atomic E-state index is -0.708. The summed E-state index contributed by atoms with van der Waals surface area (Å²) in [6.07, 6.45) is 2.74. The van der Waals surface area contributed by atoms with E-state index in [1.54, 1.807) is 29.3 Å². The van der Waals surface area contributed by atoms with Crippen molar-refractivity contribution in [2.75, 3.05) is 19.7 Å². The van der Waals surface area contributed by atoms with E-state index >= 15 is 0 Å². The Morgan fingerprint density at radius 1 is 1.32 bits per heavy atom. The summed E-state index contributed by atoms with van der Waals surface area (Å²) in [6, 6.07) is 8.41. The first-order chi connectivity index (χ1) is 12.1. The van der Waals surface area contributed by atoms with Crippen molar-refractivity contribution in [2.45, 2.75) is 31.3 Å². The van der Waals surface area contributed by atoms with Crippen LogP contribution in [0.5, 0.6) is 0 Å². The lowest BCUT2D eigenvalue weighted by Crippen LogP contribution is -2.47. The van der Waals surface area contributed by atoms with Crippen molar-refractivity contribution in [1.82, 2.24) is 14.9 Å². The maximum absolute atomic E-state index is 14.2. The third kappa shape index (κ3) is 2.91. The first kappa shape index (κ1) is 16.1. The van der Waals surface area contributed by atoms with Gasteiger partial charge in [0.25, 0.3) is 0 Å². The molecule has 2 aliphatic rings. The van der Waals surface area contributed by atoms with Gasteiger partial charge in [-0.2, -0.15) is 0 Å². The van der Waals surface area contributed by atoms with Crippen LogP contribution < -0.4 is 0 Å². The molecule has 0 unspecified atom stereocenters. The second kappa shape index (κ2) is 6.19. The van der Waals surface area contributed by atoms with Gasteiger partial charge < -0.3 is 9.64 Å². The molecule has 25 heavy (non-hydrogen) atoms. The third-order valence-corrected chi connectivity index (χ3v) is 5.00. The largest absolute Gasteiger partial charge is 0.367 e. The Hall–Kier alpha value is -2.34. The number of amides is 1. The first-order valence-corrected chi connectivity index (χ1v) is 8.56. The zero-order valence-corrected chi connectivity index (χ0v) is 14.1. The minimum absolute atomic E-state index is 0.0152. The lowest BCUT2D eigenvalue weighted by atomic mass is 9.93. The normalized spacial score (nSPS) is 21.8. The number of nitrogens with zero attached hydrogens (tertiary/aromatic N) is 3. The molecule has 1 saturated carbocycles. The number of hydrogen-bond acceptors (Lipinski definition) is 4. The van der Waals surface area contributed by atoms with E-state index in [0.717, 1.165) is 5.69 Å². The van der Waals surface area contributed by atoms with Gasteiger partial charge in [0.05, 0.1) is 18.6 Å². The summed E-state index contributed by atoms with van der Waals surface area (Å²) in [5.74, 6) is 0.270. The van der Waals surface area contributed by atoms with Crippen molar-refractivity contribution < 1.29 is 13.9 Å². The maximum Gasteiger partial charge on any atom is 0.233 e. The lowest BCUT2D eigenvalue weighted by molar-refractivity contribution is -0.142. The summed E-state index contributed by atoms with van der Waals surface area (Å²) in [5, 5.41) is 0. The third-order valence-electron chi connectivity index (χ3n) is 5.00. The summed E-state index contributed by atoms with van der Waals surface area (Å²) >= 11 is 0. The second-order valence-electron chi connectivity index (χ2n) is 6.73. The predicted molar refractivity (Wildman–Crippen MR) is 89.4 cm³/mol. The Labute approximate surface area is 145 Å². The number of benzene rings is 1. The topological polar surface area (TPSA) is 55.3 Å². The van der Waals surface area contributed by atoms with Gasteiger partial charge in [-0.05, 0) is 31.9 Å². The van der Waals surface area contributed by atoms with Crippen molar-refractivity contribution in [3.8, 4) is 0 Å². The van der Waals surface area contributed by atoms with Gasteiger partial charge in [0.15, 0.2) is 5.82 Å². The molecule has 1 saturated heterocycles. The monoisotopic (exact) mass is 341 g/mol. The molecule has 2 heterocycles. The van der Waals surface area contributed by atoms with E-state index in [1.165, 1.54) is 6.07 Å². The fourth-order valence-electron chi connectivity index (χ4n) is 3.49.